The summed E-state index contributed by atoms with van der Waals surface area (Å²) in [6.45, 7) is 0. The van der Waals surface area contributed by atoms with Crippen LogP contribution in [0.2, 0.25) is 5.02 Å². The van der Waals surface area contributed by atoms with Crippen molar-refractivity contribution >= 4 is 28.9 Å². The molecule has 0 fully saturated rings. The normalized spacial score (nSPS) is 11.4. The van der Waals surface area contributed by atoms with E-state index in [9.17, 15) is 13.2 Å². The van der Waals surface area contributed by atoms with E-state index in [0.29, 0.717) is 0 Å². The summed E-state index contributed by atoms with van der Waals surface area (Å²) in [5, 5.41) is 2.49. The van der Waals surface area contributed by atoms with E-state index in [-0.39, 0.29) is 22.3 Å². The van der Waals surface area contributed by atoms with Gasteiger partial charge in [0.25, 0.3) is 0 Å². The van der Waals surface area contributed by atoms with Crippen molar-refractivity contribution in [1.29, 1.82) is 0 Å². The van der Waals surface area contributed by atoms with Gasteiger partial charge < -0.3 is 11.1 Å². The van der Waals surface area contributed by atoms with Crippen LogP contribution in [0.3, 0.4) is 0 Å². The molecule has 0 atom stereocenters. The van der Waals surface area contributed by atoms with E-state index in [2.05, 4.69) is 15.3 Å². The summed E-state index contributed by atoms with van der Waals surface area (Å²) in [7, 11) is 0. The molecular formula is C11H8ClF3N4. The molecule has 1 aromatic heterocycles. The predicted octanol–water partition coefficient (Wildman–Crippen LogP) is 3.47. The number of rotatable bonds is 2. The van der Waals surface area contributed by atoms with Gasteiger partial charge in [0.2, 0.25) is 0 Å². The molecule has 19 heavy (non-hydrogen) atoms. The summed E-state index contributed by atoms with van der Waals surface area (Å²) in [5.74, 6) is 0.0564. The van der Waals surface area contributed by atoms with Crippen LogP contribution in [-0.2, 0) is 6.18 Å². The molecule has 0 saturated carbocycles. The number of alkyl halides is 3. The minimum Gasteiger partial charge on any atom is -0.381 e. The SMILES string of the molecule is Nc1nccnc1Nc1ccc(Cl)cc1C(F)(F)F. The monoisotopic (exact) mass is 288 g/mol. The Hall–Kier alpha value is -2.02. The zero-order valence-electron chi connectivity index (χ0n) is 9.37. The van der Waals surface area contributed by atoms with Gasteiger partial charge in [0.1, 0.15) is 0 Å². The standard InChI is InChI=1S/C11H8ClF3N4/c12-6-1-2-8(7(5-6)11(13,14)15)19-10-9(16)17-3-4-18-10/h1-5H,(H2,16,17)(H,18,19). The molecule has 0 aliphatic rings. The molecule has 2 aromatic rings. The summed E-state index contributed by atoms with van der Waals surface area (Å²) >= 11 is 5.58. The highest BCUT2D eigenvalue weighted by Gasteiger charge is 2.34. The quantitative estimate of drug-likeness (QED) is 0.888. The Morgan fingerprint density at radius 1 is 1.16 bits per heavy atom. The molecule has 2 rings (SSSR count). The lowest BCUT2D eigenvalue weighted by molar-refractivity contribution is -0.136. The first-order chi connectivity index (χ1) is 8.88. The zero-order valence-corrected chi connectivity index (χ0v) is 10.1. The number of benzene rings is 1. The molecule has 1 heterocycles. The van der Waals surface area contributed by atoms with Gasteiger partial charge in [-0.05, 0) is 18.2 Å². The number of nitrogens with zero attached hydrogens (tertiary/aromatic N) is 2. The summed E-state index contributed by atoms with van der Waals surface area (Å²) < 4.78 is 38.6. The van der Waals surface area contributed by atoms with Gasteiger partial charge in [-0.3, -0.25) is 0 Å². The number of aromatic nitrogens is 2. The fourth-order valence-electron chi connectivity index (χ4n) is 1.43. The van der Waals surface area contributed by atoms with Gasteiger partial charge in [-0.15, -0.1) is 0 Å². The van der Waals surface area contributed by atoms with Gasteiger partial charge in [0.05, 0.1) is 11.3 Å². The summed E-state index contributed by atoms with van der Waals surface area (Å²) in [5.41, 5.74) is 4.43. The van der Waals surface area contributed by atoms with Crippen LogP contribution < -0.4 is 11.1 Å². The Kier molecular flexibility index (Phi) is 3.48. The molecule has 0 amide bonds. The van der Waals surface area contributed by atoms with Crippen LogP contribution in [0.25, 0.3) is 0 Å². The first-order valence-electron chi connectivity index (χ1n) is 5.08. The second kappa shape index (κ2) is 4.93. The number of nitrogens with two attached hydrogens (primary N) is 1. The fourth-order valence-corrected chi connectivity index (χ4v) is 1.60. The third kappa shape index (κ3) is 3.05. The van der Waals surface area contributed by atoms with Crippen LogP contribution in [-0.4, -0.2) is 9.97 Å². The fraction of sp³-hybridized carbons (Fsp3) is 0.0909. The van der Waals surface area contributed by atoms with Gasteiger partial charge in [-0.2, -0.15) is 13.2 Å². The van der Waals surface area contributed by atoms with Gasteiger partial charge in [-0.25, -0.2) is 9.97 Å². The molecule has 100 valence electrons. The topological polar surface area (TPSA) is 63.8 Å². The van der Waals surface area contributed by atoms with Crippen LogP contribution in [0.5, 0.6) is 0 Å². The molecule has 0 radical (unpaired) electrons. The highest BCUT2D eigenvalue weighted by Crippen LogP contribution is 2.37. The summed E-state index contributed by atoms with van der Waals surface area (Å²) in [6, 6.07) is 3.38. The minimum absolute atomic E-state index is 0.00516. The molecule has 0 bridgehead atoms. The number of halogens is 4. The Bertz CT molecular complexity index is 601. The molecule has 8 heteroatoms. The minimum atomic E-state index is -4.54. The summed E-state index contributed by atoms with van der Waals surface area (Å²) in [6.07, 6.45) is -1.88. The van der Waals surface area contributed by atoms with Crippen LogP contribution in [0.1, 0.15) is 5.56 Å². The Morgan fingerprint density at radius 2 is 1.84 bits per heavy atom. The maximum absolute atomic E-state index is 12.9. The molecule has 0 spiro atoms. The Balaban J connectivity index is 2.44. The van der Waals surface area contributed by atoms with Gasteiger partial charge in [-0.1, -0.05) is 11.6 Å². The largest absolute Gasteiger partial charge is 0.418 e. The first kappa shape index (κ1) is 13.4. The number of nitrogen functional groups attached to an aromatic ring is 1. The molecule has 4 nitrogen and oxygen atoms in total. The van der Waals surface area contributed by atoms with E-state index < -0.39 is 11.7 Å². The van der Waals surface area contributed by atoms with Crippen LogP contribution in [0.15, 0.2) is 30.6 Å². The lowest BCUT2D eigenvalue weighted by atomic mass is 10.1. The van der Waals surface area contributed by atoms with Crippen molar-refractivity contribution in [3.8, 4) is 0 Å². The number of anilines is 3. The lowest BCUT2D eigenvalue weighted by Crippen LogP contribution is -2.10. The van der Waals surface area contributed by atoms with Crippen molar-refractivity contribution in [2.75, 3.05) is 11.1 Å². The van der Waals surface area contributed by atoms with Crippen molar-refractivity contribution in [3.63, 3.8) is 0 Å². The third-order valence-electron chi connectivity index (χ3n) is 2.27. The molecule has 1 aromatic carbocycles. The van der Waals surface area contributed by atoms with E-state index >= 15 is 0 Å². The van der Waals surface area contributed by atoms with E-state index in [0.717, 1.165) is 6.07 Å². The van der Waals surface area contributed by atoms with Crippen molar-refractivity contribution in [1.82, 2.24) is 9.97 Å². The number of hydrogen-bond acceptors (Lipinski definition) is 4. The molecule has 3 N–H and O–H groups in total. The number of hydrogen-bond donors (Lipinski definition) is 2. The van der Waals surface area contributed by atoms with E-state index in [1.807, 2.05) is 0 Å². The van der Waals surface area contributed by atoms with Gasteiger partial charge in [0.15, 0.2) is 11.6 Å². The summed E-state index contributed by atoms with van der Waals surface area (Å²) in [4.78, 5) is 7.55. The van der Waals surface area contributed by atoms with Gasteiger partial charge in [0, 0.05) is 17.4 Å². The Labute approximate surface area is 111 Å². The zero-order chi connectivity index (χ0) is 14.0. The van der Waals surface area contributed by atoms with Crippen molar-refractivity contribution in [2.45, 2.75) is 6.18 Å². The van der Waals surface area contributed by atoms with Crippen molar-refractivity contribution in [2.24, 2.45) is 0 Å². The maximum Gasteiger partial charge on any atom is 0.418 e. The smallest absolute Gasteiger partial charge is 0.381 e. The molecule has 0 saturated heterocycles. The van der Waals surface area contributed by atoms with Crippen LogP contribution in [0.4, 0.5) is 30.5 Å². The van der Waals surface area contributed by atoms with Crippen LogP contribution >= 0.6 is 11.6 Å². The molecule has 0 aliphatic heterocycles. The first-order valence-corrected chi connectivity index (χ1v) is 5.46. The second-order valence-corrected chi connectivity index (χ2v) is 4.04. The predicted molar refractivity (Wildman–Crippen MR) is 66.2 cm³/mol. The van der Waals surface area contributed by atoms with E-state index in [4.69, 9.17) is 17.3 Å². The average molecular weight is 289 g/mol. The second-order valence-electron chi connectivity index (χ2n) is 3.60. The number of nitrogens with one attached hydrogen (secondary N) is 1. The van der Waals surface area contributed by atoms with Crippen molar-refractivity contribution < 1.29 is 13.2 Å². The van der Waals surface area contributed by atoms with Crippen LogP contribution in [0, 0.1) is 0 Å². The lowest BCUT2D eigenvalue weighted by Gasteiger charge is -2.14. The molecule has 0 aliphatic carbocycles. The van der Waals surface area contributed by atoms with Crippen molar-refractivity contribution in [3.05, 3.63) is 41.2 Å². The Morgan fingerprint density at radius 3 is 2.47 bits per heavy atom. The molecule has 0 unspecified atom stereocenters. The highest BCUT2D eigenvalue weighted by atomic mass is 35.5. The van der Waals surface area contributed by atoms with Gasteiger partial charge >= 0.3 is 6.18 Å². The van der Waals surface area contributed by atoms with E-state index in [1.54, 1.807) is 0 Å². The van der Waals surface area contributed by atoms with E-state index in [1.165, 1.54) is 24.5 Å². The average Bonchev–Trinajstić information content (AvgIpc) is 2.33. The maximum atomic E-state index is 12.9. The highest BCUT2D eigenvalue weighted by molar-refractivity contribution is 6.30. The third-order valence-corrected chi connectivity index (χ3v) is 2.50. The molecular weight excluding hydrogens is 281 g/mol.